The molecule has 1 N–H and O–H groups in total. The average molecular weight is 407 g/mol. The molecule has 5 rings (SSSR count). The van der Waals surface area contributed by atoms with Gasteiger partial charge in [0.15, 0.2) is 0 Å². The largest absolute Gasteiger partial charge is 0.449 e. The Kier molecular flexibility index (Phi) is 5.60. The van der Waals surface area contributed by atoms with Gasteiger partial charge in [-0.05, 0) is 6.07 Å². The highest BCUT2D eigenvalue weighted by molar-refractivity contribution is 6.33. The van der Waals surface area contributed by atoms with Crippen LogP contribution in [0.2, 0.25) is 0 Å². The highest BCUT2D eigenvalue weighted by atomic mass is 16.5. The van der Waals surface area contributed by atoms with Crippen LogP contribution >= 0.6 is 0 Å². The lowest BCUT2D eigenvalue weighted by atomic mass is 9.95. The van der Waals surface area contributed by atoms with E-state index in [0.717, 1.165) is 71.0 Å². The Balaban J connectivity index is 1.22. The monoisotopic (exact) mass is 407 g/mol. The number of rotatable bonds is 5. The van der Waals surface area contributed by atoms with Gasteiger partial charge in [0.25, 0.3) is 5.56 Å². The van der Waals surface area contributed by atoms with Crippen molar-refractivity contribution in [2.24, 2.45) is 0 Å². The molecule has 0 aliphatic carbocycles. The first-order valence-corrected chi connectivity index (χ1v) is 10.6. The molecule has 0 saturated carbocycles. The van der Waals surface area contributed by atoms with Crippen LogP contribution in [0.1, 0.15) is 5.82 Å². The van der Waals surface area contributed by atoms with Gasteiger partial charge in [0, 0.05) is 57.7 Å². The smallest absolute Gasteiger partial charge is 0.294 e. The highest BCUT2D eigenvalue weighted by Crippen LogP contribution is 2.24. The van der Waals surface area contributed by atoms with Crippen molar-refractivity contribution in [2.75, 3.05) is 65.6 Å². The van der Waals surface area contributed by atoms with E-state index in [4.69, 9.17) is 22.0 Å². The van der Waals surface area contributed by atoms with Crippen molar-refractivity contribution in [1.82, 2.24) is 24.7 Å². The minimum absolute atomic E-state index is 0.242. The zero-order valence-electron chi connectivity index (χ0n) is 17.1. The van der Waals surface area contributed by atoms with Crippen molar-refractivity contribution in [3.05, 3.63) is 34.4 Å². The third-order valence-electron chi connectivity index (χ3n) is 6.07. The standard InChI is InChI=1S/C21H26BN5O3/c22-15-1-2-17-16(13-15)19-20(30-17)21(28)24-18(23-19)14-27-7-5-25(6-8-27)3-4-26-9-11-29-12-10-26/h1-2,13H,3-12,14H2,(H,23,24,28). The summed E-state index contributed by atoms with van der Waals surface area (Å²) in [6.45, 7) is 10.6. The number of furan rings is 1. The quantitative estimate of drug-likeness (QED) is 0.593. The number of piperazine rings is 1. The van der Waals surface area contributed by atoms with E-state index in [1.165, 1.54) is 0 Å². The van der Waals surface area contributed by atoms with E-state index < -0.39 is 0 Å². The first-order valence-electron chi connectivity index (χ1n) is 10.6. The van der Waals surface area contributed by atoms with E-state index in [1.807, 2.05) is 6.07 Å². The van der Waals surface area contributed by atoms with E-state index in [2.05, 4.69) is 19.7 Å². The fourth-order valence-corrected chi connectivity index (χ4v) is 4.28. The van der Waals surface area contributed by atoms with Gasteiger partial charge in [-0.15, -0.1) is 0 Å². The summed E-state index contributed by atoms with van der Waals surface area (Å²) in [5, 5.41) is 0.783. The summed E-state index contributed by atoms with van der Waals surface area (Å²) in [6.07, 6.45) is 0. The van der Waals surface area contributed by atoms with Crippen molar-refractivity contribution in [1.29, 1.82) is 0 Å². The molecule has 2 aliphatic heterocycles. The molecule has 0 unspecified atom stereocenters. The maximum absolute atomic E-state index is 12.5. The Bertz CT molecular complexity index is 1080. The number of ether oxygens (including phenoxy) is 1. The molecule has 30 heavy (non-hydrogen) atoms. The molecule has 1 aromatic carbocycles. The Hall–Kier alpha value is -2.20. The predicted octanol–water partition coefficient (Wildman–Crippen LogP) is -0.0871. The summed E-state index contributed by atoms with van der Waals surface area (Å²) in [4.78, 5) is 27.4. The molecule has 2 aromatic heterocycles. The van der Waals surface area contributed by atoms with Crippen LogP contribution in [0, 0.1) is 0 Å². The molecule has 0 bridgehead atoms. The summed E-state index contributed by atoms with van der Waals surface area (Å²) >= 11 is 0. The highest BCUT2D eigenvalue weighted by Gasteiger charge is 2.20. The van der Waals surface area contributed by atoms with Crippen molar-refractivity contribution in [3.63, 3.8) is 0 Å². The second kappa shape index (κ2) is 8.51. The first-order chi connectivity index (χ1) is 14.7. The normalized spacial score (nSPS) is 19.7. The van der Waals surface area contributed by atoms with E-state index >= 15 is 0 Å². The van der Waals surface area contributed by atoms with Crippen LogP contribution in [-0.4, -0.2) is 98.1 Å². The fourth-order valence-electron chi connectivity index (χ4n) is 4.28. The van der Waals surface area contributed by atoms with Gasteiger partial charge in [-0.3, -0.25) is 19.5 Å². The maximum atomic E-state index is 12.5. The summed E-state index contributed by atoms with van der Waals surface area (Å²) in [5.41, 5.74) is 1.85. The van der Waals surface area contributed by atoms with Gasteiger partial charge in [0.1, 0.15) is 24.8 Å². The van der Waals surface area contributed by atoms with Crippen LogP contribution in [0.5, 0.6) is 0 Å². The molecule has 0 spiro atoms. The molecule has 2 fully saturated rings. The molecular formula is C21H26BN5O3. The summed E-state index contributed by atoms with van der Waals surface area (Å²) < 4.78 is 11.1. The van der Waals surface area contributed by atoms with Crippen molar-refractivity contribution < 1.29 is 9.15 Å². The number of hydrogen-bond donors (Lipinski definition) is 1. The number of H-pyrrole nitrogens is 1. The molecule has 2 aliphatic rings. The summed E-state index contributed by atoms with van der Waals surface area (Å²) in [7, 11) is 5.91. The molecule has 9 heteroatoms. The molecule has 8 nitrogen and oxygen atoms in total. The molecule has 3 aromatic rings. The van der Waals surface area contributed by atoms with Crippen LogP contribution in [0.25, 0.3) is 22.1 Å². The van der Waals surface area contributed by atoms with E-state index in [-0.39, 0.29) is 11.1 Å². The molecule has 4 heterocycles. The number of hydrogen-bond acceptors (Lipinski definition) is 7. The van der Waals surface area contributed by atoms with Gasteiger partial charge in [-0.1, -0.05) is 17.6 Å². The van der Waals surface area contributed by atoms with Gasteiger partial charge in [-0.25, -0.2) is 4.98 Å². The first kappa shape index (κ1) is 19.7. The third kappa shape index (κ3) is 4.16. The lowest BCUT2D eigenvalue weighted by molar-refractivity contribution is 0.0296. The van der Waals surface area contributed by atoms with Crippen molar-refractivity contribution in [2.45, 2.75) is 6.54 Å². The van der Waals surface area contributed by atoms with Crippen LogP contribution in [0.15, 0.2) is 27.4 Å². The lowest BCUT2D eigenvalue weighted by Crippen LogP contribution is -2.49. The summed E-state index contributed by atoms with van der Waals surface area (Å²) in [5.74, 6) is 0.666. The van der Waals surface area contributed by atoms with Gasteiger partial charge >= 0.3 is 0 Å². The molecular weight excluding hydrogens is 381 g/mol. The number of aromatic amines is 1. The van der Waals surface area contributed by atoms with E-state index in [0.29, 0.717) is 28.9 Å². The molecule has 2 saturated heterocycles. The van der Waals surface area contributed by atoms with Crippen molar-refractivity contribution >= 4 is 35.4 Å². The van der Waals surface area contributed by atoms with E-state index in [9.17, 15) is 4.79 Å². The number of nitrogens with one attached hydrogen (secondary N) is 1. The minimum Gasteiger partial charge on any atom is -0.449 e. The summed E-state index contributed by atoms with van der Waals surface area (Å²) in [6, 6.07) is 5.35. The Morgan fingerprint density at radius 1 is 1.00 bits per heavy atom. The van der Waals surface area contributed by atoms with Crippen LogP contribution < -0.4 is 11.0 Å². The second-order valence-electron chi connectivity index (χ2n) is 8.12. The fraction of sp³-hybridized carbons (Fsp3) is 0.524. The zero-order valence-corrected chi connectivity index (χ0v) is 17.1. The zero-order chi connectivity index (χ0) is 20.5. The topological polar surface area (TPSA) is 77.8 Å². The Morgan fingerprint density at radius 2 is 1.70 bits per heavy atom. The lowest BCUT2D eigenvalue weighted by Gasteiger charge is -2.36. The third-order valence-corrected chi connectivity index (χ3v) is 6.07. The molecule has 0 atom stereocenters. The Morgan fingerprint density at radius 3 is 2.47 bits per heavy atom. The second-order valence-corrected chi connectivity index (χ2v) is 8.12. The van der Waals surface area contributed by atoms with Gasteiger partial charge in [-0.2, -0.15) is 0 Å². The van der Waals surface area contributed by atoms with Crippen molar-refractivity contribution in [3.8, 4) is 0 Å². The number of aromatic nitrogens is 2. The van der Waals surface area contributed by atoms with Gasteiger partial charge < -0.3 is 14.1 Å². The number of morpholine rings is 1. The SMILES string of the molecule is [B]c1ccc2oc3c(=O)[nH]c(CN4CCN(CCN5CCOCC5)CC4)nc3c2c1. The van der Waals surface area contributed by atoms with Gasteiger partial charge in [0.2, 0.25) is 5.58 Å². The number of fused-ring (bicyclic) bond motifs is 3. The van der Waals surface area contributed by atoms with Crippen LogP contribution in [-0.2, 0) is 11.3 Å². The number of benzene rings is 1. The van der Waals surface area contributed by atoms with Crippen LogP contribution in [0.3, 0.4) is 0 Å². The minimum atomic E-state index is -0.242. The maximum Gasteiger partial charge on any atom is 0.294 e. The molecule has 0 amide bonds. The van der Waals surface area contributed by atoms with Crippen LogP contribution in [0.4, 0.5) is 0 Å². The number of nitrogens with zero attached hydrogens (tertiary/aromatic N) is 4. The predicted molar refractivity (Wildman–Crippen MR) is 116 cm³/mol. The van der Waals surface area contributed by atoms with E-state index in [1.54, 1.807) is 12.1 Å². The van der Waals surface area contributed by atoms with Gasteiger partial charge in [0.05, 0.1) is 19.8 Å². The molecule has 156 valence electrons. The molecule has 2 radical (unpaired) electrons. The average Bonchev–Trinajstić information content (AvgIpc) is 3.12. The Labute approximate surface area is 176 Å².